The quantitative estimate of drug-likeness (QED) is 0.771. The molecule has 24 heavy (non-hydrogen) atoms. The lowest BCUT2D eigenvalue weighted by Crippen LogP contribution is -2.40. The number of nitrogens with one attached hydrogen (secondary N) is 1. The van der Waals surface area contributed by atoms with Gasteiger partial charge in [0.15, 0.2) is 5.65 Å². The smallest absolute Gasteiger partial charge is 0.276 e. The molecule has 3 heterocycles. The van der Waals surface area contributed by atoms with E-state index in [4.69, 9.17) is 0 Å². The maximum Gasteiger partial charge on any atom is 0.276 e. The molecule has 1 amide bonds. The molecule has 0 fully saturated rings. The van der Waals surface area contributed by atoms with Gasteiger partial charge in [-0.15, -0.1) is 0 Å². The number of rotatable bonds is 2. The second kappa shape index (κ2) is 5.59. The first-order valence-electron chi connectivity index (χ1n) is 7.72. The molecule has 3 aromatic rings. The van der Waals surface area contributed by atoms with Crippen LogP contribution in [0.25, 0.3) is 5.65 Å². The van der Waals surface area contributed by atoms with Crippen LogP contribution in [-0.2, 0) is 24.2 Å². The van der Waals surface area contributed by atoms with Gasteiger partial charge < -0.3 is 4.90 Å². The SMILES string of the molecule is O=C(Cc1ccccc1F)N1CCc2c(nc3cc[nH]n3c2=O)C1. The number of hydrogen-bond donors (Lipinski definition) is 1. The summed E-state index contributed by atoms with van der Waals surface area (Å²) in [6.07, 6.45) is 2.11. The van der Waals surface area contributed by atoms with Crippen LogP contribution in [0.5, 0.6) is 0 Å². The average molecular weight is 326 g/mol. The van der Waals surface area contributed by atoms with Crippen LogP contribution in [0.3, 0.4) is 0 Å². The molecule has 1 aromatic carbocycles. The predicted molar refractivity (Wildman–Crippen MR) is 85.0 cm³/mol. The van der Waals surface area contributed by atoms with Gasteiger partial charge in [-0.1, -0.05) is 18.2 Å². The van der Waals surface area contributed by atoms with E-state index in [9.17, 15) is 14.0 Å². The van der Waals surface area contributed by atoms with Crippen molar-refractivity contribution in [3.05, 3.63) is 69.5 Å². The number of fused-ring (bicyclic) bond motifs is 2. The normalized spacial score (nSPS) is 14.0. The Balaban J connectivity index is 1.60. The number of aromatic amines is 1. The monoisotopic (exact) mass is 326 g/mol. The number of halogens is 1. The molecule has 122 valence electrons. The van der Waals surface area contributed by atoms with Gasteiger partial charge in [0, 0.05) is 24.4 Å². The number of carbonyl (C=O) groups excluding carboxylic acids is 1. The zero-order chi connectivity index (χ0) is 16.7. The van der Waals surface area contributed by atoms with E-state index in [-0.39, 0.29) is 30.2 Å². The van der Waals surface area contributed by atoms with E-state index in [1.807, 2.05) is 0 Å². The predicted octanol–water partition coefficient (Wildman–Crippen LogP) is 1.29. The molecule has 0 spiro atoms. The summed E-state index contributed by atoms with van der Waals surface area (Å²) in [5.74, 6) is -0.546. The van der Waals surface area contributed by atoms with E-state index in [1.54, 1.807) is 35.4 Å². The van der Waals surface area contributed by atoms with Gasteiger partial charge >= 0.3 is 0 Å². The van der Waals surface area contributed by atoms with E-state index in [2.05, 4.69) is 10.1 Å². The van der Waals surface area contributed by atoms with Crippen LogP contribution in [0, 0.1) is 5.82 Å². The standard InChI is InChI=1S/C17H15FN4O2/c18-13-4-2-1-3-11(13)9-16(23)21-8-6-12-14(10-21)20-15-5-7-19-22(15)17(12)24/h1-5,7,19H,6,8-10H2. The van der Waals surface area contributed by atoms with Gasteiger partial charge in [0.1, 0.15) is 5.82 Å². The van der Waals surface area contributed by atoms with E-state index in [1.165, 1.54) is 10.6 Å². The fourth-order valence-corrected chi connectivity index (χ4v) is 3.06. The fourth-order valence-electron chi connectivity index (χ4n) is 3.06. The van der Waals surface area contributed by atoms with Crippen molar-refractivity contribution >= 4 is 11.6 Å². The highest BCUT2D eigenvalue weighted by Gasteiger charge is 2.25. The van der Waals surface area contributed by atoms with E-state index in [0.29, 0.717) is 35.4 Å². The Hall–Kier alpha value is -2.96. The summed E-state index contributed by atoms with van der Waals surface area (Å²) < 4.78 is 15.1. The minimum Gasteiger partial charge on any atom is -0.336 e. The van der Waals surface area contributed by atoms with Crippen LogP contribution >= 0.6 is 0 Å². The van der Waals surface area contributed by atoms with Crippen molar-refractivity contribution < 1.29 is 9.18 Å². The fraction of sp³-hybridized carbons (Fsp3) is 0.235. The Bertz CT molecular complexity index is 992. The first-order valence-corrected chi connectivity index (χ1v) is 7.72. The molecule has 0 bridgehead atoms. The lowest BCUT2D eigenvalue weighted by atomic mass is 10.0. The summed E-state index contributed by atoms with van der Waals surface area (Å²) in [5, 5.41) is 2.83. The maximum atomic E-state index is 13.7. The molecule has 0 radical (unpaired) electrons. The van der Waals surface area contributed by atoms with Crippen LogP contribution in [0.2, 0.25) is 0 Å². The van der Waals surface area contributed by atoms with E-state index >= 15 is 0 Å². The third kappa shape index (κ3) is 2.38. The number of benzene rings is 1. The molecular weight excluding hydrogens is 311 g/mol. The Kier molecular flexibility index (Phi) is 3.41. The van der Waals surface area contributed by atoms with Crippen molar-refractivity contribution in [1.82, 2.24) is 19.5 Å². The van der Waals surface area contributed by atoms with Crippen LogP contribution < -0.4 is 5.56 Å². The van der Waals surface area contributed by atoms with Crippen molar-refractivity contribution in [2.75, 3.05) is 6.54 Å². The number of amides is 1. The summed E-state index contributed by atoms with van der Waals surface area (Å²) in [5.41, 5.74) is 2.03. The summed E-state index contributed by atoms with van der Waals surface area (Å²) in [4.78, 5) is 30.9. The summed E-state index contributed by atoms with van der Waals surface area (Å²) >= 11 is 0. The minimum atomic E-state index is -0.381. The van der Waals surface area contributed by atoms with E-state index < -0.39 is 0 Å². The van der Waals surface area contributed by atoms with Crippen LogP contribution in [0.1, 0.15) is 16.8 Å². The highest BCUT2D eigenvalue weighted by atomic mass is 19.1. The number of H-pyrrole nitrogens is 1. The highest BCUT2D eigenvalue weighted by Crippen LogP contribution is 2.17. The Morgan fingerprint density at radius 1 is 1.29 bits per heavy atom. The number of aromatic nitrogens is 3. The van der Waals surface area contributed by atoms with Gasteiger partial charge in [-0.2, -0.15) is 0 Å². The molecule has 6 nitrogen and oxygen atoms in total. The van der Waals surface area contributed by atoms with Crippen molar-refractivity contribution in [2.45, 2.75) is 19.4 Å². The van der Waals surface area contributed by atoms with Gasteiger partial charge in [-0.25, -0.2) is 13.9 Å². The largest absolute Gasteiger partial charge is 0.336 e. The molecule has 0 unspecified atom stereocenters. The summed E-state index contributed by atoms with van der Waals surface area (Å²) in [6.45, 7) is 0.712. The molecule has 0 atom stereocenters. The van der Waals surface area contributed by atoms with Gasteiger partial charge in [0.25, 0.3) is 5.56 Å². The first kappa shape index (κ1) is 14.6. The molecule has 2 aromatic heterocycles. The Morgan fingerprint density at radius 2 is 2.12 bits per heavy atom. The number of nitrogens with zero attached hydrogens (tertiary/aromatic N) is 3. The topological polar surface area (TPSA) is 70.5 Å². The molecular formula is C17H15FN4O2. The summed E-state index contributed by atoms with van der Waals surface area (Å²) in [7, 11) is 0. The second-order valence-electron chi connectivity index (χ2n) is 5.83. The van der Waals surface area contributed by atoms with Gasteiger partial charge in [-0.05, 0) is 18.1 Å². The third-order valence-electron chi connectivity index (χ3n) is 4.35. The highest BCUT2D eigenvalue weighted by molar-refractivity contribution is 5.79. The van der Waals surface area contributed by atoms with Gasteiger partial charge in [0.2, 0.25) is 5.91 Å². The van der Waals surface area contributed by atoms with Crippen molar-refractivity contribution in [3.8, 4) is 0 Å². The molecule has 1 N–H and O–H groups in total. The number of carbonyl (C=O) groups is 1. The van der Waals surface area contributed by atoms with E-state index in [0.717, 1.165) is 0 Å². The molecule has 0 aliphatic carbocycles. The molecule has 7 heteroatoms. The number of hydrogen-bond acceptors (Lipinski definition) is 3. The van der Waals surface area contributed by atoms with Crippen LogP contribution in [0.15, 0.2) is 41.3 Å². The first-order chi connectivity index (χ1) is 11.6. The van der Waals surface area contributed by atoms with Crippen LogP contribution in [0.4, 0.5) is 4.39 Å². The second-order valence-corrected chi connectivity index (χ2v) is 5.83. The van der Waals surface area contributed by atoms with Gasteiger partial charge in [0.05, 0.1) is 18.7 Å². The minimum absolute atomic E-state index is 0.00733. The van der Waals surface area contributed by atoms with Crippen molar-refractivity contribution in [2.24, 2.45) is 0 Å². The lowest BCUT2D eigenvalue weighted by molar-refractivity contribution is -0.131. The third-order valence-corrected chi connectivity index (χ3v) is 4.35. The molecule has 0 saturated carbocycles. The average Bonchev–Trinajstić information content (AvgIpc) is 3.05. The molecule has 4 rings (SSSR count). The van der Waals surface area contributed by atoms with Crippen molar-refractivity contribution in [3.63, 3.8) is 0 Å². The molecule has 1 aliphatic rings. The maximum absolute atomic E-state index is 13.7. The lowest BCUT2D eigenvalue weighted by Gasteiger charge is -2.27. The zero-order valence-electron chi connectivity index (χ0n) is 12.8. The summed E-state index contributed by atoms with van der Waals surface area (Å²) in [6, 6.07) is 7.97. The molecule has 1 aliphatic heterocycles. The molecule has 0 saturated heterocycles. The van der Waals surface area contributed by atoms with Crippen LogP contribution in [-0.4, -0.2) is 31.9 Å². The van der Waals surface area contributed by atoms with Gasteiger partial charge in [-0.3, -0.25) is 14.7 Å². The zero-order valence-corrected chi connectivity index (χ0v) is 12.8. The Labute approximate surface area is 136 Å². The Morgan fingerprint density at radius 3 is 2.96 bits per heavy atom. The van der Waals surface area contributed by atoms with Crippen molar-refractivity contribution in [1.29, 1.82) is 0 Å².